The highest BCUT2D eigenvalue weighted by atomic mass is 32.2. The molecule has 1 fully saturated rings. The van der Waals surface area contributed by atoms with E-state index < -0.39 is 0 Å². The molecule has 0 heterocycles. The average molecular weight is 440 g/mol. The molecule has 2 aromatic carbocycles. The minimum Gasteiger partial charge on any atom is -0.351 e. The van der Waals surface area contributed by atoms with Gasteiger partial charge in [-0.2, -0.15) is 0 Å². The standard InChI is InChI=1S/C24H29N3O3S/c1-16(31-22-12-10-20(11-13-22)26-17(2)28)23(29)25-15-18-6-5-9-21(14-18)27-24(30)19-7-3-4-8-19/h5-6,9-14,16,19H,3-4,7-8,15H2,1-2H3,(H,25,29)(H,26,28)(H,27,30). The van der Waals surface area contributed by atoms with E-state index in [1.807, 2.05) is 55.5 Å². The number of hydrogen-bond donors (Lipinski definition) is 3. The van der Waals surface area contributed by atoms with Crippen LogP contribution in [0.5, 0.6) is 0 Å². The molecule has 3 amide bonds. The van der Waals surface area contributed by atoms with Crippen LogP contribution >= 0.6 is 11.8 Å². The number of amides is 3. The molecule has 1 atom stereocenters. The molecule has 3 N–H and O–H groups in total. The van der Waals surface area contributed by atoms with Crippen LogP contribution < -0.4 is 16.0 Å². The Morgan fingerprint density at radius 3 is 2.39 bits per heavy atom. The molecule has 0 saturated heterocycles. The van der Waals surface area contributed by atoms with Crippen LogP contribution in [0, 0.1) is 5.92 Å². The molecule has 2 aromatic rings. The quantitative estimate of drug-likeness (QED) is 0.526. The fourth-order valence-electron chi connectivity index (χ4n) is 3.60. The van der Waals surface area contributed by atoms with Gasteiger partial charge in [0.05, 0.1) is 5.25 Å². The van der Waals surface area contributed by atoms with Crippen molar-refractivity contribution >= 4 is 40.9 Å². The second-order valence-electron chi connectivity index (χ2n) is 7.85. The molecular weight excluding hydrogens is 410 g/mol. The number of carbonyl (C=O) groups excluding carboxylic acids is 3. The van der Waals surface area contributed by atoms with Gasteiger partial charge in [0.1, 0.15) is 0 Å². The molecule has 0 aliphatic heterocycles. The molecule has 31 heavy (non-hydrogen) atoms. The zero-order valence-corrected chi connectivity index (χ0v) is 18.8. The van der Waals surface area contributed by atoms with Crippen molar-refractivity contribution in [2.75, 3.05) is 10.6 Å². The lowest BCUT2D eigenvalue weighted by Gasteiger charge is -2.14. The summed E-state index contributed by atoms with van der Waals surface area (Å²) in [6.07, 6.45) is 4.18. The first kappa shape index (κ1) is 22.9. The van der Waals surface area contributed by atoms with Gasteiger partial charge in [0.15, 0.2) is 0 Å². The molecule has 1 aliphatic carbocycles. The van der Waals surface area contributed by atoms with E-state index in [0.717, 1.165) is 47.5 Å². The highest BCUT2D eigenvalue weighted by Crippen LogP contribution is 2.27. The summed E-state index contributed by atoms with van der Waals surface area (Å²) in [7, 11) is 0. The number of anilines is 2. The predicted octanol–water partition coefficient (Wildman–Crippen LogP) is 4.57. The molecule has 1 unspecified atom stereocenters. The van der Waals surface area contributed by atoms with Crippen molar-refractivity contribution in [3.05, 3.63) is 54.1 Å². The minimum absolute atomic E-state index is 0.0590. The van der Waals surface area contributed by atoms with Gasteiger partial charge in [0.2, 0.25) is 17.7 Å². The second kappa shape index (κ2) is 11.0. The van der Waals surface area contributed by atoms with Gasteiger partial charge in [0.25, 0.3) is 0 Å². The summed E-state index contributed by atoms with van der Waals surface area (Å²) in [5.74, 6) is 0.0356. The number of hydrogen-bond acceptors (Lipinski definition) is 4. The van der Waals surface area contributed by atoms with Gasteiger partial charge in [-0.25, -0.2) is 0 Å². The second-order valence-corrected chi connectivity index (χ2v) is 9.27. The van der Waals surface area contributed by atoms with Crippen LogP contribution in [0.2, 0.25) is 0 Å². The van der Waals surface area contributed by atoms with E-state index in [-0.39, 0.29) is 28.9 Å². The summed E-state index contributed by atoms with van der Waals surface area (Å²) >= 11 is 1.46. The van der Waals surface area contributed by atoms with Crippen LogP contribution in [0.1, 0.15) is 45.1 Å². The number of thioether (sulfide) groups is 1. The molecule has 164 valence electrons. The Morgan fingerprint density at radius 2 is 1.71 bits per heavy atom. The van der Waals surface area contributed by atoms with Gasteiger partial charge in [-0.1, -0.05) is 25.0 Å². The monoisotopic (exact) mass is 439 g/mol. The minimum atomic E-state index is -0.267. The third kappa shape index (κ3) is 7.14. The topological polar surface area (TPSA) is 87.3 Å². The van der Waals surface area contributed by atoms with Crippen LogP contribution in [-0.4, -0.2) is 23.0 Å². The Hall–Kier alpha value is -2.80. The average Bonchev–Trinajstić information content (AvgIpc) is 3.28. The van der Waals surface area contributed by atoms with Gasteiger partial charge >= 0.3 is 0 Å². The molecule has 0 spiro atoms. The third-order valence-electron chi connectivity index (χ3n) is 5.24. The van der Waals surface area contributed by atoms with Gasteiger partial charge < -0.3 is 16.0 Å². The maximum absolute atomic E-state index is 12.5. The number of carbonyl (C=O) groups is 3. The Labute approximate surface area is 187 Å². The van der Waals surface area contributed by atoms with Crippen LogP contribution in [0.4, 0.5) is 11.4 Å². The zero-order valence-electron chi connectivity index (χ0n) is 17.9. The summed E-state index contributed by atoms with van der Waals surface area (Å²) in [6, 6.07) is 15.0. The molecule has 0 bridgehead atoms. The first-order valence-corrected chi connectivity index (χ1v) is 11.5. The zero-order chi connectivity index (χ0) is 22.2. The number of benzene rings is 2. The fraction of sp³-hybridized carbons (Fsp3) is 0.375. The van der Waals surface area contributed by atoms with Crippen molar-refractivity contribution < 1.29 is 14.4 Å². The van der Waals surface area contributed by atoms with Gasteiger partial charge in [0, 0.05) is 35.7 Å². The Bertz CT molecular complexity index is 924. The van der Waals surface area contributed by atoms with E-state index in [1.54, 1.807) is 0 Å². The Balaban J connectivity index is 1.48. The van der Waals surface area contributed by atoms with Gasteiger partial charge in [-0.3, -0.25) is 14.4 Å². The molecule has 0 radical (unpaired) electrons. The van der Waals surface area contributed by atoms with E-state index in [0.29, 0.717) is 6.54 Å². The molecule has 7 heteroatoms. The van der Waals surface area contributed by atoms with E-state index in [4.69, 9.17) is 0 Å². The van der Waals surface area contributed by atoms with Crippen molar-refractivity contribution in [3.8, 4) is 0 Å². The molecule has 3 rings (SSSR count). The molecule has 1 aliphatic rings. The third-order valence-corrected chi connectivity index (χ3v) is 6.36. The first-order chi connectivity index (χ1) is 14.9. The van der Waals surface area contributed by atoms with Crippen molar-refractivity contribution in [2.45, 2.75) is 56.2 Å². The Morgan fingerprint density at radius 1 is 1.00 bits per heavy atom. The normalized spacial score (nSPS) is 14.6. The summed E-state index contributed by atoms with van der Waals surface area (Å²) < 4.78 is 0. The summed E-state index contributed by atoms with van der Waals surface area (Å²) in [5.41, 5.74) is 2.44. The Kier molecular flexibility index (Phi) is 8.12. The van der Waals surface area contributed by atoms with Gasteiger partial charge in [-0.15, -0.1) is 11.8 Å². The van der Waals surface area contributed by atoms with E-state index in [2.05, 4.69) is 16.0 Å². The molecule has 0 aromatic heterocycles. The van der Waals surface area contributed by atoms with Crippen LogP contribution in [0.15, 0.2) is 53.4 Å². The van der Waals surface area contributed by atoms with Gasteiger partial charge in [-0.05, 0) is 61.7 Å². The lowest BCUT2D eigenvalue weighted by Crippen LogP contribution is -2.30. The summed E-state index contributed by atoms with van der Waals surface area (Å²) in [5, 5.41) is 8.42. The van der Waals surface area contributed by atoms with Crippen molar-refractivity contribution in [1.82, 2.24) is 5.32 Å². The number of rotatable bonds is 8. The first-order valence-electron chi connectivity index (χ1n) is 10.6. The lowest BCUT2D eigenvalue weighted by molar-refractivity contribution is -0.121. The van der Waals surface area contributed by atoms with Crippen LogP contribution in [0.3, 0.4) is 0 Å². The fourth-order valence-corrected chi connectivity index (χ4v) is 4.49. The SMILES string of the molecule is CC(=O)Nc1ccc(SC(C)C(=O)NCc2cccc(NC(=O)C3CCCC3)c2)cc1. The summed E-state index contributed by atoms with van der Waals surface area (Å²) in [4.78, 5) is 36.9. The smallest absolute Gasteiger partial charge is 0.233 e. The van der Waals surface area contributed by atoms with Crippen LogP contribution in [-0.2, 0) is 20.9 Å². The number of nitrogens with one attached hydrogen (secondary N) is 3. The molecule has 6 nitrogen and oxygen atoms in total. The molecular formula is C24H29N3O3S. The van der Waals surface area contributed by atoms with Crippen LogP contribution in [0.25, 0.3) is 0 Å². The highest BCUT2D eigenvalue weighted by Gasteiger charge is 2.22. The highest BCUT2D eigenvalue weighted by molar-refractivity contribution is 8.00. The van der Waals surface area contributed by atoms with E-state index >= 15 is 0 Å². The summed E-state index contributed by atoms with van der Waals surface area (Å²) in [6.45, 7) is 3.73. The maximum Gasteiger partial charge on any atom is 0.233 e. The maximum atomic E-state index is 12.5. The van der Waals surface area contributed by atoms with Crippen molar-refractivity contribution in [3.63, 3.8) is 0 Å². The largest absolute Gasteiger partial charge is 0.351 e. The predicted molar refractivity (Wildman–Crippen MR) is 125 cm³/mol. The van der Waals surface area contributed by atoms with E-state index in [1.165, 1.54) is 18.7 Å². The lowest BCUT2D eigenvalue weighted by atomic mass is 10.1. The van der Waals surface area contributed by atoms with Crippen molar-refractivity contribution in [2.24, 2.45) is 5.92 Å². The van der Waals surface area contributed by atoms with Crippen molar-refractivity contribution in [1.29, 1.82) is 0 Å². The van der Waals surface area contributed by atoms with E-state index in [9.17, 15) is 14.4 Å². The molecule has 1 saturated carbocycles.